The van der Waals surface area contributed by atoms with Crippen LogP contribution in [0.4, 0.5) is 0 Å². The van der Waals surface area contributed by atoms with Crippen molar-refractivity contribution in [3.63, 3.8) is 0 Å². The molecule has 1 aromatic rings. The molecule has 78 valence electrons. The maximum absolute atomic E-state index is 10.9. The molecule has 0 aromatic heterocycles. The first-order valence-corrected chi connectivity index (χ1v) is 4.56. The Bertz CT molecular complexity index is 435. The van der Waals surface area contributed by atoms with E-state index in [1.165, 1.54) is 0 Å². The van der Waals surface area contributed by atoms with E-state index in [0.717, 1.165) is 0 Å². The molecule has 2 N–H and O–H groups in total. The van der Waals surface area contributed by atoms with E-state index in [-0.39, 0.29) is 0 Å². The van der Waals surface area contributed by atoms with Crippen molar-refractivity contribution in [3.8, 4) is 0 Å². The fraction of sp³-hybridized carbons (Fsp3) is 0.100. The quantitative estimate of drug-likeness (QED) is 0.721. The molecule has 1 aromatic carbocycles. The molecule has 0 radical (unpaired) electrons. The largest absolute Gasteiger partial charge is 0.505 e. The molecule has 1 heterocycles. The average Bonchev–Trinajstić information content (AvgIpc) is 2.47. The zero-order chi connectivity index (χ0) is 11.0. The summed E-state index contributed by atoms with van der Waals surface area (Å²) >= 11 is 5.68. The molecule has 1 aliphatic heterocycles. The van der Waals surface area contributed by atoms with Crippen molar-refractivity contribution in [2.75, 3.05) is 0 Å². The van der Waals surface area contributed by atoms with Gasteiger partial charge in [-0.3, -0.25) is 0 Å². The van der Waals surface area contributed by atoms with Gasteiger partial charge in [0.2, 0.25) is 5.76 Å². The second kappa shape index (κ2) is 3.47. The highest BCUT2D eigenvalue weighted by Gasteiger charge is 2.35. The van der Waals surface area contributed by atoms with Crippen LogP contribution in [0, 0.1) is 0 Å². The molecule has 5 heteroatoms. The Morgan fingerprint density at radius 2 is 1.80 bits per heavy atom. The third kappa shape index (κ3) is 1.64. The van der Waals surface area contributed by atoms with Gasteiger partial charge in [-0.25, -0.2) is 4.79 Å². The average molecular weight is 227 g/mol. The molecule has 0 fully saturated rings. The fourth-order valence-corrected chi connectivity index (χ4v) is 1.44. The zero-order valence-electron chi connectivity index (χ0n) is 7.48. The van der Waals surface area contributed by atoms with Gasteiger partial charge < -0.3 is 14.9 Å². The highest BCUT2D eigenvalue weighted by Crippen LogP contribution is 2.32. The maximum atomic E-state index is 10.9. The lowest BCUT2D eigenvalue weighted by Gasteiger charge is -2.09. The SMILES string of the molecule is O=C1OC(c2ccc(Cl)cc2)C(O)=C1O. The molecule has 0 saturated carbocycles. The molecule has 1 atom stereocenters. The highest BCUT2D eigenvalue weighted by atomic mass is 35.5. The summed E-state index contributed by atoms with van der Waals surface area (Å²) in [6.45, 7) is 0. The Morgan fingerprint density at radius 1 is 1.20 bits per heavy atom. The predicted molar refractivity (Wildman–Crippen MR) is 52.6 cm³/mol. The van der Waals surface area contributed by atoms with Crippen molar-refractivity contribution in [2.45, 2.75) is 6.10 Å². The van der Waals surface area contributed by atoms with Gasteiger partial charge in [-0.05, 0) is 12.1 Å². The van der Waals surface area contributed by atoms with Crippen molar-refractivity contribution in [2.24, 2.45) is 0 Å². The highest BCUT2D eigenvalue weighted by molar-refractivity contribution is 6.30. The Kier molecular flexibility index (Phi) is 2.28. The van der Waals surface area contributed by atoms with Gasteiger partial charge in [0.05, 0.1) is 0 Å². The topological polar surface area (TPSA) is 66.8 Å². The van der Waals surface area contributed by atoms with Crippen LogP contribution in [-0.4, -0.2) is 16.2 Å². The van der Waals surface area contributed by atoms with E-state index in [9.17, 15) is 9.90 Å². The van der Waals surface area contributed by atoms with Gasteiger partial charge in [0.1, 0.15) is 0 Å². The number of halogens is 1. The lowest BCUT2D eigenvalue weighted by Crippen LogP contribution is -2.03. The van der Waals surface area contributed by atoms with Crippen LogP contribution in [-0.2, 0) is 9.53 Å². The van der Waals surface area contributed by atoms with E-state index in [2.05, 4.69) is 0 Å². The number of cyclic esters (lactones) is 1. The van der Waals surface area contributed by atoms with Crippen LogP contribution in [0.1, 0.15) is 11.7 Å². The molecule has 1 unspecified atom stereocenters. The number of hydrogen-bond donors (Lipinski definition) is 2. The minimum absolute atomic E-state index is 0.470. The summed E-state index contributed by atoms with van der Waals surface area (Å²) < 4.78 is 4.76. The van der Waals surface area contributed by atoms with Crippen LogP contribution >= 0.6 is 11.6 Å². The number of aliphatic hydroxyl groups is 2. The molecule has 0 amide bonds. The third-order valence-electron chi connectivity index (χ3n) is 2.08. The van der Waals surface area contributed by atoms with Gasteiger partial charge in [-0.1, -0.05) is 23.7 Å². The van der Waals surface area contributed by atoms with Crippen LogP contribution in [0.15, 0.2) is 35.8 Å². The molecule has 0 saturated heterocycles. The second-order valence-electron chi connectivity index (χ2n) is 3.07. The number of carbonyl (C=O) groups is 1. The zero-order valence-corrected chi connectivity index (χ0v) is 8.23. The molecule has 1 aliphatic rings. The van der Waals surface area contributed by atoms with Crippen LogP contribution in [0.5, 0.6) is 0 Å². The van der Waals surface area contributed by atoms with Gasteiger partial charge in [0, 0.05) is 10.6 Å². The normalized spacial score (nSPS) is 20.6. The van der Waals surface area contributed by atoms with Crippen molar-refractivity contribution < 1.29 is 19.7 Å². The number of benzene rings is 1. The van der Waals surface area contributed by atoms with E-state index in [0.29, 0.717) is 10.6 Å². The Labute approximate surface area is 90.4 Å². The standard InChI is InChI=1S/C10H7ClO4/c11-6-3-1-5(2-4-6)9-7(12)8(13)10(14)15-9/h1-4,9,12-13H. The summed E-state index contributed by atoms with van der Waals surface area (Å²) in [5.41, 5.74) is 0.550. The number of carbonyl (C=O) groups excluding carboxylic acids is 1. The maximum Gasteiger partial charge on any atom is 0.378 e. The smallest absolute Gasteiger partial charge is 0.378 e. The lowest BCUT2D eigenvalue weighted by molar-refractivity contribution is -0.142. The second-order valence-corrected chi connectivity index (χ2v) is 3.51. The number of esters is 1. The molecule has 0 aliphatic carbocycles. The third-order valence-corrected chi connectivity index (χ3v) is 2.33. The fourth-order valence-electron chi connectivity index (χ4n) is 1.31. The molecule has 2 rings (SSSR count). The molecular formula is C10H7ClO4. The van der Waals surface area contributed by atoms with Crippen molar-refractivity contribution >= 4 is 17.6 Å². The Hall–Kier alpha value is -1.68. The van der Waals surface area contributed by atoms with E-state index in [1.807, 2.05) is 0 Å². The van der Waals surface area contributed by atoms with Crippen molar-refractivity contribution in [1.82, 2.24) is 0 Å². The lowest BCUT2D eigenvalue weighted by atomic mass is 10.1. The molecule has 0 spiro atoms. The predicted octanol–water partition coefficient (Wildman–Crippen LogP) is 2.27. The van der Waals surface area contributed by atoms with Crippen LogP contribution in [0.25, 0.3) is 0 Å². The van der Waals surface area contributed by atoms with Crippen molar-refractivity contribution in [1.29, 1.82) is 0 Å². The van der Waals surface area contributed by atoms with Gasteiger partial charge >= 0.3 is 5.97 Å². The minimum Gasteiger partial charge on any atom is -0.505 e. The summed E-state index contributed by atoms with van der Waals surface area (Å²) in [5, 5.41) is 19.0. The summed E-state index contributed by atoms with van der Waals surface area (Å²) in [6, 6.07) is 6.42. The van der Waals surface area contributed by atoms with Gasteiger partial charge in [-0.2, -0.15) is 0 Å². The molecule has 4 nitrogen and oxygen atoms in total. The van der Waals surface area contributed by atoms with Gasteiger partial charge in [-0.15, -0.1) is 0 Å². The van der Waals surface area contributed by atoms with Crippen LogP contribution in [0.2, 0.25) is 5.02 Å². The Morgan fingerprint density at radius 3 is 2.27 bits per heavy atom. The molecule has 15 heavy (non-hydrogen) atoms. The van der Waals surface area contributed by atoms with Gasteiger partial charge in [0.25, 0.3) is 0 Å². The van der Waals surface area contributed by atoms with E-state index in [1.54, 1.807) is 24.3 Å². The van der Waals surface area contributed by atoms with E-state index in [4.69, 9.17) is 21.4 Å². The minimum atomic E-state index is -0.935. The van der Waals surface area contributed by atoms with Gasteiger partial charge in [0.15, 0.2) is 11.9 Å². The number of rotatable bonds is 1. The summed E-state index contributed by atoms with van der Waals surface area (Å²) in [4.78, 5) is 10.9. The van der Waals surface area contributed by atoms with Crippen molar-refractivity contribution in [3.05, 3.63) is 46.4 Å². The summed E-state index contributed by atoms with van der Waals surface area (Å²) in [5.74, 6) is -2.13. The summed E-state index contributed by atoms with van der Waals surface area (Å²) in [7, 11) is 0. The Balaban J connectivity index is 2.35. The molecule has 0 bridgehead atoms. The monoisotopic (exact) mass is 226 g/mol. The summed E-state index contributed by atoms with van der Waals surface area (Å²) in [6.07, 6.45) is -0.935. The number of aliphatic hydroxyl groups excluding tert-OH is 2. The first-order valence-electron chi connectivity index (χ1n) is 4.18. The first kappa shape index (κ1) is 9.86. The van der Waals surface area contributed by atoms with E-state index < -0.39 is 23.6 Å². The number of hydrogen-bond acceptors (Lipinski definition) is 4. The van der Waals surface area contributed by atoms with Crippen LogP contribution in [0.3, 0.4) is 0 Å². The van der Waals surface area contributed by atoms with Crippen LogP contribution < -0.4 is 0 Å². The van der Waals surface area contributed by atoms with E-state index >= 15 is 0 Å². The number of ether oxygens (including phenoxy) is 1. The first-order chi connectivity index (χ1) is 7.09. The molecular weight excluding hydrogens is 220 g/mol.